The van der Waals surface area contributed by atoms with Gasteiger partial charge >= 0.3 is 0 Å². The molecule has 164 valence electrons. The lowest BCUT2D eigenvalue weighted by atomic mass is 10.1. The van der Waals surface area contributed by atoms with Gasteiger partial charge in [0.05, 0.1) is 30.1 Å². The number of aromatic nitrogens is 4. The smallest absolute Gasteiger partial charge is 0.283 e. The van der Waals surface area contributed by atoms with Crippen molar-refractivity contribution >= 4 is 34.8 Å². The van der Waals surface area contributed by atoms with E-state index in [4.69, 9.17) is 39.9 Å². The third-order valence-electron chi connectivity index (χ3n) is 4.93. The summed E-state index contributed by atoms with van der Waals surface area (Å²) in [6, 6.07) is 17.7. The summed E-state index contributed by atoms with van der Waals surface area (Å²) in [7, 11) is 1.90. The fourth-order valence-electron chi connectivity index (χ4n) is 3.41. The van der Waals surface area contributed by atoms with Crippen molar-refractivity contribution in [3.05, 3.63) is 104 Å². The average Bonchev–Trinajstić information content (AvgIpc) is 3.18. The van der Waals surface area contributed by atoms with Crippen LogP contribution < -0.4 is 5.56 Å². The zero-order valence-corrected chi connectivity index (χ0v) is 19.5. The van der Waals surface area contributed by atoms with Gasteiger partial charge in [0, 0.05) is 28.9 Å². The average molecular weight is 489 g/mol. The molecular weight excluding hydrogens is 469 g/mol. The highest BCUT2D eigenvalue weighted by atomic mass is 35.5. The van der Waals surface area contributed by atoms with Crippen LogP contribution in [0.5, 0.6) is 0 Å². The Morgan fingerprint density at radius 2 is 1.66 bits per heavy atom. The summed E-state index contributed by atoms with van der Waals surface area (Å²) in [5.74, 6) is 0. The maximum Gasteiger partial charge on any atom is 0.288 e. The Hall–Kier alpha value is -2.64. The van der Waals surface area contributed by atoms with Crippen LogP contribution in [0, 0.1) is 0 Å². The summed E-state index contributed by atoms with van der Waals surface area (Å²) in [6.07, 6.45) is 3.38. The van der Waals surface area contributed by atoms with E-state index in [0.717, 1.165) is 22.4 Å². The van der Waals surface area contributed by atoms with E-state index in [0.29, 0.717) is 18.1 Å². The highest BCUT2D eigenvalue weighted by Crippen LogP contribution is 2.25. The molecule has 0 N–H and O–H groups in total. The van der Waals surface area contributed by atoms with E-state index >= 15 is 0 Å². The molecular formula is C23H20Cl3N5O. The molecule has 0 aliphatic rings. The summed E-state index contributed by atoms with van der Waals surface area (Å²) in [5.41, 5.74) is 3.46. The Balaban J connectivity index is 1.62. The van der Waals surface area contributed by atoms with E-state index in [2.05, 4.69) is 5.10 Å². The lowest BCUT2D eigenvalue weighted by Crippen LogP contribution is -2.31. The molecule has 9 heteroatoms. The summed E-state index contributed by atoms with van der Waals surface area (Å²) >= 11 is 18.2. The topological polar surface area (TPSA) is 56.0 Å². The minimum atomic E-state index is -0.427. The van der Waals surface area contributed by atoms with Crippen LogP contribution in [-0.2, 0) is 19.8 Å². The van der Waals surface area contributed by atoms with Gasteiger partial charge < -0.3 is 0 Å². The van der Waals surface area contributed by atoms with Crippen molar-refractivity contribution in [3.8, 4) is 11.3 Å². The quantitative estimate of drug-likeness (QED) is 0.358. The summed E-state index contributed by atoms with van der Waals surface area (Å²) in [6.45, 7) is 1.35. The third kappa shape index (κ3) is 5.05. The van der Waals surface area contributed by atoms with Gasteiger partial charge in [-0.25, -0.2) is 4.68 Å². The third-order valence-corrected chi connectivity index (χ3v) is 6.05. The van der Waals surface area contributed by atoms with Crippen LogP contribution in [0.3, 0.4) is 0 Å². The van der Waals surface area contributed by atoms with Gasteiger partial charge in [-0.15, -0.1) is 0 Å². The van der Waals surface area contributed by atoms with Gasteiger partial charge in [-0.1, -0.05) is 83.3 Å². The second-order valence-electron chi connectivity index (χ2n) is 7.42. The molecule has 4 rings (SSSR count). The van der Waals surface area contributed by atoms with Gasteiger partial charge in [0.15, 0.2) is 0 Å². The van der Waals surface area contributed by atoms with Crippen molar-refractivity contribution in [2.45, 2.75) is 19.8 Å². The molecule has 0 saturated carbocycles. The second-order valence-corrected chi connectivity index (χ2v) is 8.62. The molecule has 2 aromatic carbocycles. The first-order valence-corrected chi connectivity index (χ1v) is 11.0. The molecule has 32 heavy (non-hydrogen) atoms. The summed E-state index contributed by atoms with van der Waals surface area (Å²) in [5, 5.41) is 9.72. The van der Waals surface area contributed by atoms with Crippen LogP contribution in [0.25, 0.3) is 11.3 Å². The molecule has 0 aliphatic carbocycles. The normalized spacial score (nSPS) is 11.3. The molecule has 2 heterocycles. The fraction of sp³-hybridized carbons (Fsp3) is 0.174. The number of halogens is 3. The van der Waals surface area contributed by atoms with Gasteiger partial charge in [-0.05, 0) is 18.7 Å². The first-order chi connectivity index (χ1) is 15.4. The van der Waals surface area contributed by atoms with Crippen molar-refractivity contribution in [2.75, 3.05) is 7.05 Å². The lowest BCUT2D eigenvalue weighted by molar-refractivity contribution is 0.240. The van der Waals surface area contributed by atoms with Crippen LogP contribution >= 0.6 is 34.8 Å². The summed E-state index contributed by atoms with van der Waals surface area (Å²) in [4.78, 5) is 14.3. The van der Waals surface area contributed by atoms with Crippen LogP contribution in [-0.4, -0.2) is 31.5 Å². The predicted molar refractivity (Wildman–Crippen MR) is 128 cm³/mol. The van der Waals surface area contributed by atoms with Gasteiger partial charge in [0.25, 0.3) is 5.56 Å². The number of rotatable bonds is 7. The molecule has 0 unspecified atom stereocenters. The molecule has 0 fully saturated rings. The highest BCUT2D eigenvalue weighted by Gasteiger charge is 2.15. The SMILES string of the molecule is CN(Cc1cn(Cc2ccccc2Cl)nc1-c1ccccc1)Cn1ncc(Cl)c(Cl)c1=O. The van der Waals surface area contributed by atoms with Gasteiger partial charge in [0.2, 0.25) is 0 Å². The standard InChI is InChI=1S/C23H20Cl3N5O/c1-29(15-31-23(32)21(26)20(25)11-27-31)12-18-14-30(13-17-9-5-6-10-19(17)24)28-22(18)16-7-3-2-4-8-16/h2-11,14H,12-13,15H2,1H3. The lowest BCUT2D eigenvalue weighted by Gasteiger charge is -2.17. The van der Waals surface area contributed by atoms with Gasteiger partial charge in [-0.3, -0.25) is 14.4 Å². The molecule has 0 radical (unpaired) electrons. The molecule has 0 amide bonds. The molecule has 4 aromatic rings. The van der Waals surface area contributed by atoms with E-state index in [1.807, 2.05) is 77.4 Å². The minimum Gasteiger partial charge on any atom is -0.283 e. The van der Waals surface area contributed by atoms with E-state index in [1.54, 1.807) is 0 Å². The molecule has 0 spiro atoms. The van der Waals surface area contributed by atoms with Crippen LogP contribution in [0.1, 0.15) is 11.1 Å². The van der Waals surface area contributed by atoms with E-state index in [1.165, 1.54) is 10.9 Å². The van der Waals surface area contributed by atoms with Crippen molar-refractivity contribution in [3.63, 3.8) is 0 Å². The van der Waals surface area contributed by atoms with E-state index < -0.39 is 5.56 Å². The zero-order valence-electron chi connectivity index (χ0n) is 17.3. The van der Waals surface area contributed by atoms with Crippen molar-refractivity contribution < 1.29 is 0 Å². The predicted octanol–water partition coefficient (Wildman–Crippen LogP) is 5.20. The molecule has 0 bridgehead atoms. The molecule has 2 aromatic heterocycles. The Labute approximate surface area is 200 Å². The van der Waals surface area contributed by atoms with Gasteiger partial charge in [-0.2, -0.15) is 10.2 Å². The largest absolute Gasteiger partial charge is 0.288 e. The Morgan fingerprint density at radius 1 is 0.938 bits per heavy atom. The number of hydrogen-bond acceptors (Lipinski definition) is 4. The maximum atomic E-state index is 12.3. The molecule has 6 nitrogen and oxygen atoms in total. The first kappa shape index (κ1) is 22.6. The zero-order chi connectivity index (χ0) is 22.7. The summed E-state index contributed by atoms with van der Waals surface area (Å²) < 4.78 is 3.17. The molecule has 0 saturated heterocycles. The first-order valence-electron chi connectivity index (χ1n) is 9.87. The van der Waals surface area contributed by atoms with Crippen LogP contribution in [0.2, 0.25) is 15.1 Å². The second kappa shape index (κ2) is 9.88. The van der Waals surface area contributed by atoms with E-state index in [9.17, 15) is 4.79 Å². The molecule has 0 aliphatic heterocycles. The Bertz CT molecular complexity index is 1290. The molecule has 0 atom stereocenters. The minimum absolute atomic E-state index is 0.0346. The highest BCUT2D eigenvalue weighted by molar-refractivity contribution is 6.41. The van der Waals surface area contributed by atoms with Crippen molar-refractivity contribution in [1.82, 2.24) is 24.5 Å². The monoisotopic (exact) mass is 487 g/mol. The fourth-order valence-corrected chi connectivity index (χ4v) is 3.88. The Morgan fingerprint density at radius 3 is 2.41 bits per heavy atom. The van der Waals surface area contributed by atoms with Crippen molar-refractivity contribution in [2.24, 2.45) is 0 Å². The van der Waals surface area contributed by atoms with Crippen molar-refractivity contribution in [1.29, 1.82) is 0 Å². The van der Waals surface area contributed by atoms with Gasteiger partial charge in [0.1, 0.15) is 5.02 Å². The van der Waals surface area contributed by atoms with Crippen LogP contribution in [0.15, 0.2) is 71.8 Å². The number of benzene rings is 2. The Kier molecular flexibility index (Phi) is 6.96. The van der Waals surface area contributed by atoms with E-state index in [-0.39, 0.29) is 16.7 Å². The number of nitrogens with zero attached hydrogens (tertiary/aromatic N) is 5. The van der Waals surface area contributed by atoms with Crippen LogP contribution in [0.4, 0.5) is 0 Å². The number of hydrogen-bond donors (Lipinski definition) is 0. The maximum absolute atomic E-state index is 12.3.